The molecule has 0 unspecified atom stereocenters. The fourth-order valence-corrected chi connectivity index (χ4v) is 2.57. The van der Waals surface area contributed by atoms with Crippen molar-refractivity contribution in [3.8, 4) is 0 Å². The van der Waals surface area contributed by atoms with Gasteiger partial charge in [-0.05, 0) is 18.6 Å². The van der Waals surface area contributed by atoms with Crippen LogP contribution in [0.2, 0.25) is 0 Å². The summed E-state index contributed by atoms with van der Waals surface area (Å²) in [6.45, 7) is 3.56. The molecule has 5 nitrogen and oxygen atoms in total. The lowest BCUT2D eigenvalue weighted by Crippen LogP contribution is -2.35. The second-order valence-corrected chi connectivity index (χ2v) is 6.10. The highest BCUT2D eigenvalue weighted by atomic mass is 16.3. The molecule has 0 saturated heterocycles. The number of aliphatic hydroxyl groups is 1. The number of aromatic nitrogens is 2. The van der Waals surface area contributed by atoms with Gasteiger partial charge in [-0.1, -0.05) is 26.0 Å². The summed E-state index contributed by atoms with van der Waals surface area (Å²) >= 11 is 0. The van der Waals surface area contributed by atoms with Gasteiger partial charge in [-0.3, -0.25) is 14.6 Å². The number of nitrogens with zero attached hydrogens (tertiary/aromatic N) is 2. The number of hydrogen-bond donors (Lipinski definition) is 1. The van der Waals surface area contributed by atoms with Gasteiger partial charge >= 0.3 is 0 Å². The third kappa shape index (κ3) is 2.28. The maximum absolute atomic E-state index is 12.4. The zero-order chi connectivity index (χ0) is 15.9. The van der Waals surface area contributed by atoms with Gasteiger partial charge in [0, 0.05) is 11.8 Å². The Morgan fingerprint density at radius 3 is 2.59 bits per heavy atom. The lowest BCUT2D eigenvalue weighted by molar-refractivity contribution is -0.130. The van der Waals surface area contributed by atoms with E-state index in [9.17, 15) is 14.7 Å². The van der Waals surface area contributed by atoms with E-state index in [1.807, 2.05) is 12.1 Å². The van der Waals surface area contributed by atoms with Crippen LogP contribution in [0.15, 0.2) is 36.0 Å². The summed E-state index contributed by atoms with van der Waals surface area (Å²) in [5.41, 5.74) is 0.628. The number of rotatable bonds is 1. The number of hydrogen-bond acceptors (Lipinski definition) is 5. The van der Waals surface area contributed by atoms with Crippen molar-refractivity contribution in [3.63, 3.8) is 0 Å². The first-order valence-corrected chi connectivity index (χ1v) is 7.13. The highest BCUT2D eigenvalue weighted by Gasteiger charge is 2.40. The third-order valence-corrected chi connectivity index (χ3v) is 4.03. The van der Waals surface area contributed by atoms with Crippen LogP contribution in [0.5, 0.6) is 0 Å². The van der Waals surface area contributed by atoms with E-state index in [1.54, 1.807) is 26.0 Å². The largest absolute Gasteiger partial charge is 0.505 e. The molecule has 1 heterocycles. The fraction of sp³-hybridized carbons (Fsp3) is 0.294. The van der Waals surface area contributed by atoms with Crippen molar-refractivity contribution in [1.82, 2.24) is 9.97 Å². The first kappa shape index (κ1) is 14.4. The quantitative estimate of drug-likeness (QED) is 0.497. The van der Waals surface area contributed by atoms with E-state index >= 15 is 0 Å². The summed E-state index contributed by atoms with van der Waals surface area (Å²) in [6, 6.07) is 7.21. The van der Waals surface area contributed by atoms with E-state index in [1.165, 1.54) is 6.20 Å². The molecular formula is C17H16N2O3. The smallest absolute Gasteiger partial charge is 0.175 e. The number of carbonyl (C=O) groups excluding carboxylic acids is 2. The van der Waals surface area contributed by atoms with Crippen LogP contribution in [-0.4, -0.2) is 26.6 Å². The normalized spacial score (nSPS) is 20.3. The van der Waals surface area contributed by atoms with Gasteiger partial charge in [0.05, 0.1) is 17.2 Å². The zero-order valence-corrected chi connectivity index (χ0v) is 12.5. The molecule has 1 fully saturated rings. The van der Waals surface area contributed by atoms with Crippen LogP contribution in [-0.2, 0) is 9.59 Å². The van der Waals surface area contributed by atoms with Crippen molar-refractivity contribution in [2.24, 2.45) is 5.41 Å². The standard InChI is InChI=1S/C17H16N2O3/c1-17(2)8-7-13(20)14(16(17)22)15(21)12-9-18-10-5-3-4-6-11(10)19-12/h3-6,9,21H,7-8H2,1-2H3. The van der Waals surface area contributed by atoms with E-state index in [0.717, 1.165) is 0 Å². The zero-order valence-electron chi connectivity index (χ0n) is 12.5. The van der Waals surface area contributed by atoms with Crippen molar-refractivity contribution in [3.05, 3.63) is 41.7 Å². The summed E-state index contributed by atoms with van der Waals surface area (Å²) in [6.07, 6.45) is 2.12. The number of Topliss-reactive ketones (excluding diaryl/α,β-unsaturated/α-hetero) is 2. The van der Waals surface area contributed by atoms with Crippen molar-refractivity contribution in [2.45, 2.75) is 26.7 Å². The molecule has 0 bridgehead atoms. The van der Waals surface area contributed by atoms with Gasteiger partial charge in [-0.15, -0.1) is 0 Å². The highest BCUT2D eigenvalue weighted by molar-refractivity contribution is 6.27. The van der Waals surface area contributed by atoms with Crippen molar-refractivity contribution < 1.29 is 14.7 Å². The minimum Gasteiger partial charge on any atom is -0.505 e. The van der Waals surface area contributed by atoms with Crippen LogP contribution in [0, 0.1) is 5.41 Å². The van der Waals surface area contributed by atoms with Crippen molar-refractivity contribution >= 4 is 28.4 Å². The second kappa shape index (κ2) is 5.02. The molecule has 1 aliphatic carbocycles. The predicted octanol–water partition coefficient (Wildman–Crippen LogP) is 2.86. The fourth-order valence-electron chi connectivity index (χ4n) is 2.57. The van der Waals surface area contributed by atoms with Crippen LogP contribution in [0.25, 0.3) is 16.8 Å². The molecule has 1 aromatic heterocycles. The molecule has 112 valence electrons. The minimum absolute atomic E-state index is 0.146. The van der Waals surface area contributed by atoms with Crippen LogP contribution >= 0.6 is 0 Å². The topological polar surface area (TPSA) is 80.2 Å². The van der Waals surface area contributed by atoms with Gasteiger partial charge in [0.15, 0.2) is 17.3 Å². The molecule has 22 heavy (non-hydrogen) atoms. The summed E-state index contributed by atoms with van der Waals surface area (Å²) in [5, 5.41) is 10.4. The molecule has 5 heteroatoms. The van der Waals surface area contributed by atoms with Gasteiger partial charge in [-0.2, -0.15) is 0 Å². The number of para-hydroxylation sites is 2. The number of ketones is 2. The number of aliphatic hydroxyl groups excluding tert-OH is 1. The lowest BCUT2D eigenvalue weighted by atomic mass is 9.73. The molecule has 1 aliphatic rings. The molecule has 0 amide bonds. The summed E-state index contributed by atoms with van der Waals surface area (Å²) in [5.74, 6) is -1.05. The molecule has 1 saturated carbocycles. The molecule has 0 spiro atoms. The van der Waals surface area contributed by atoms with Crippen molar-refractivity contribution in [2.75, 3.05) is 0 Å². The Morgan fingerprint density at radius 1 is 1.18 bits per heavy atom. The first-order chi connectivity index (χ1) is 10.4. The number of benzene rings is 1. The summed E-state index contributed by atoms with van der Waals surface area (Å²) < 4.78 is 0. The van der Waals surface area contributed by atoms with E-state index < -0.39 is 5.41 Å². The number of fused-ring (bicyclic) bond motifs is 1. The Hall–Kier alpha value is -2.56. The van der Waals surface area contributed by atoms with Gasteiger partial charge in [0.1, 0.15) is 11.3 Å². The van der Waals surface area contributed by atoms with E-state index in [2.05, 4.69) is 9.97 Å². The summed E-state index contributed by atoms with van der Waals surface area (Å²) in [4.78, 5) is 33.0. The second-order valence-electron chi connectivity index (χ2n) is 6.10. The Kier molecular flexibility index (Phi) is 3.28. The molecule has 2 aromatic rings. The first-order valence-electron chi connectivity index (χ1n) is 7.13. The van der Waals surface area contributed by atoms with Crippen LogP contribution < -0.4 is 0 Å². The lowest BCUT2D eigenvalue weighted by Gasteiger charge is -2.28. The van der Waals surface area contributed by atoms with Gasteiger partial charge in [-0.25, -0.2) is 4.98 Å². The molecule has 3 rings (SSSR count). The van der Waals surface area contributed by atoms with Crippen LogP contribution in [0.4, 0.5) is 0 Å². The molecule has 1 aromatic carbocycles. The molecule has 0 aliphatic heterocycles. The van der Waals surface area contributed by atoms with Crippen LogP contribution in [0.3, 0.4) is 0 Å². The SMILES string of the molecule is CC1(C)CCC(=O)C(=C(O)c2cnc3ccccc3n2)C1=O. The molecule has 1 N–H and O–H groups in total. The average molecular weight is 296 g/mol. The Labute approximate surface area is 127 Å². The average Bonchev–Trinajstić information content (AvgIpc) is 2.51. The Balaban J connectivity index is 2.15. The van der Waals surface area contributed by atoms with Gasteiger partial charge < -0.3 is 5.11 Å². The Morgan fingerprint density at radius 2 is 1.86 bits per heavy atom. The van der Waals surface area contributed by atoms with Gasteiger partial charge in [0.2, 0.25) is 0 Å². The van der Waals surface area contributed by atoms with E-state index in [-0.39, 0.29) is 35.0 Å². The van der Waals surface area contributed by atoms with E-state index in [0.29, 0.717) is 17.5 Å². The minimum atomic E-state index is -0.651. The maximum atomic E-state index is 12.4. The van der Waals surface area contributed by atoms with Gasteiger partial charge in [0.25, 0.3) is 0 Å². The molecule has 0 atom stereocenters. The molecule has 0 radical (unpaired) electrons. The third-order valence-electron chi connectivity index (χ3n) is 4.03. The van der Waals surface area contributed by atoms with Crippen LogP contribution in [0.1, 0.15) is 32.4 Å². The Bertz CT molecular complexity index is 822. The number of carbonyl (C=O) groups is 2. The number of allylic oxidation sites excluding steroid dienone is 1. The summed E-state index contributed by atoms with van der Waals surface area (Å²) in [7, 11) is 0. The van der Waals surface area contributed by atoms with Crippen molar-refractivity contribution in [1.29, 1.82) is 0 Å². The maximum Gasteiger partial charge on any atom is 0.175 e. The van der Waals surface area contributed by atoms with E-state index in [4.69, 9.17) is 0 Å². The molecular weight excluding hydrogens is 280 g/mol. The monoisotopic (exact) mass is 296 g/mol. The highest BCUT2D eigenvalue weighted by Crippen LogP contribution is 2.35. The predicted molar refractivity (Wildman–Crippen MR) is 82.1 cm³/mol.